The number of nitrogens with zero attached hydrogens (tertiary/aromatic N) is 2. The quantitative estimate of drug-likeness (QED) is 0.135. The maximum atomic E-state index is 12.4. The van der Waals surface area contributed by atoms with Gasteiger partial charge >= 0.3 is 11.9 Å². The summed E-state index contributed by atoms with van der Waals surface area (Å²) in [6.45, 7) is 0. The molecular weight excluding hydrogens is 495 g/mol. The van der Waals surface area contributed by atoms with Crippen LogP contribution < -0.4 is 4.74 Å². The highest BCUT2D eigenvalue weighted by Gasteiger charge is 2.26. The van der Waals surface area contributed by atoms with Crippen LogP contribution in [-0.2, 0) is 14.3 Å². The fraction of sp³-hybridized carbons (Fsp3) is 0. The van der Waals surface area contributed by atoms with Crippen molar-refractivity contribution in [2.24, 2.45) is 4.99 Å². The van der Waals surface area contributed by atoms with Gasteiger partial charge in [-0.3, -0.25) is 10.1 Å². The number of benzene rings is 3. The van der Waals surface area contributed by atoms with E-state index in [1.54, 1.807) is 42.5 Å². The zero-order chi connectivity index (χ0) is 24.9. The third-order valence-electron chi connectivity index (χ3n) is 4.70. The predicted octanol–water partition coefficient (Wildman–Crippen LogP) is 5.86. The molecule has 174 valence electrons. The molecular formula is C25H14Cl2N2O6. The first kappa shape index (κ1) is 23.9. The van der Waals surface area contributed by atoms with Crippen molar-refractivity contribution in [2.75, 3.05) is 0 Å². The van der Waals surface area contributed by atoms with Gasteiger partial charge in [0.25, 0.3) is 5.69 Å². The third kappa shape index (κ3) is 5.81. The molecule has 0 aliphatic carbocycles. The van der Waals surface area contributed by atoms with Gasteiger partial charge in [-0.1, -0.05) is 53.5 Å². The Kier molecular flexibility index (Phi) is 7.05. The average molecular weight is 509 g/mol. The maximum absolute atomic E-state index is 12.4. The first-order valence-electron chi connectivity index (χ1n) is 10.0. The molecule has 1 aliphatic rings. The van der Waals surface area contributed by atoms with Crippen LogP contribution >= 0.6 is 23.2 Å². The van der Waals surface area contributed by atoms with E-state index in [1.165, 1.54) is 36.4 Å². The number of non-ortho nitro benzene ring substituents is 1. The van der Waals surface area contributed by atoms with Crippen molar-refractivity contribution in [1.82, 2.24) is 0 Å². The second-order valence-electron chi connectivity index (χ2n) is 7.10. The molecule has 0 amide bonds. The first-order chi connectivity index (χ1) is 16.8. The van der Waals surface area contributed by atoms with Gasteiger partial charge in [-0.25, -0.2) is 14.6 Å². The predicted molar refractivity (Wildman–Crippen MR) is 131 cm³/mol. The summed E-state index contributed by atoms with van der Waals surface area (Å²) in [6.07, 6.45) is 3.97. The van der Waals surface area contributed by atoms with E-state index in [9.17, 15) is 19.7 Å². The number of carbonyl (C=O) groups excluding carboxylic acids is 2. The number of aliphatic imine (C=N–C) groups is 1. The van der Waals surface area contributed by atoms with Gasteiger partial charge in [0.1, 0.15) is 5.75 Å². The normalized spacial score (nSPS) is 14.2. The van der Waals surface area contributed by atoms with Gasteiger partial charge in [0.15, 0.2) is 5.70 Å². The number of nitro groups is 1. The molecule has 0 saturated carbocycles. The molecule has 0 unspecified atom stereocenters. The zero-order valence-corrected chi connectivity index (χ0v) is 19.2. The highest BCUT2D eigenvalue weighted by molar-refractivity contribution is 6.37. The molecule has 1 heterocycles. The van der Waals surface area contributed by atoms with Gasteiger partial charge in [-0.2, -0.15) is 0 Å². The fourth-order valence-electron chi connectivity index (χ4n) is 3.08. The Labute approximate surface area is 208 Å². The van der Waals surface area contributed by atoms with Crippen molar-refractivity contribution in [2.45, 2.75) is 0 Å². The molecule has 0 N–H and O–H groups in total. The molecule has 3 aromatic carbocycles. The molecule has 0 radical (unpaired) electrons. The molecule has 4 rings (SSSR count). The summed E-state index contributed by atoms with van der Waals surface area (Å²) in [5.74, 6) is -1.21. The Morgan fingerprint density at radius 3 is 2.63 bits per heavy atom. The lowest BCUT2D eigenvalue weighted by Crippen LogP contribution is -2.06. The highest BCUT2D eigenvalue weighted by atomic mass is 35.5. The van der Waals surface area contributed by atoms with Crippen molar-refractivity contribution < 1.29 is 24.0 Å². The van der Waals surface area contributed by atoms with E-state index in [4.69, 9.17) is 32.7 Å². The van der Waals surface area contributed by atoms with Crippen LogP contribution in [0.5, 0.6) is 5.75 Å². The fourth-order valence-corrected chi connectivity index (χ4v) is 3.57. The second-order valence-corrected chi connectivity index (χ2v) is 7.95. The van der Waals surface area contributed by atoms with Crippen molar-refractivity contribution in [3.8, 4) is 5.75 Å². The van der Waals surface area contributed by atoms with Gasteiger partial charge in [0, 0.05) is 28.8 Å². The zero-order valence-electron chi connectivity index (χ0n) is 17.7. The van der Waals surface area contributed by atoms with Crippen LogP contribution in [0.1, 0.15) is 16.7 Å². The monoisotopic (exact) mass is 508 g/mol. The van der Waals surface area contributed by atoms with Crippen LogP contribution in [-0.4, -0.2) is 22.8 Å². The molecule has 0 aromatic heterocycles. The summed E-state index contributed by atoms with van der Waals surface area (Å²) in [7, 11) is 0. The topological polar surface area (TPSA) is 108 Å². The van der Waals surface area contributed by atoms with Crippen LogP contribution in [0.15, 0.2) is 83.5 Å². The van der Waals surface area contributed by atoms with E-state index in [-0.39, 0.29) is 28.1 Å². The van der Waals surface area contributed by atoms with Crippen LogP contribution in [0.4, 0.5) is 5.69 Å². The van der Waals surface area contributed by atoms with Crippen molar-refractivity contribution in [1.29, 1.82) is 0 Å². The summed E-state index contributed by atoms with van der Waals surface area (Å²) in [5, 5.41) is 11.6. The van der Waals surface area contributed by atoms with Gasteiger partial charge < -0.3 is 9.47 Å². The minimum atomic E-state index is -0.714. The van der Waals surface area contributed by atoms with Crippen LogP contribution in [0.2, 0.25) is 10.0 Å². The number of carbonyl (C=O) groups is 2. The van der Waals surface area contributed by atoms with Crippen molar-refractivity contribution >= 4 is 58.9 Å². The Hall–Kier alpha value is -4.27. The number of hydrogen-bond acceptors (Lipinski definition) is 7. The molecule has 0 fully saturated rings. The molecule has 1 aliphatic heterocycles. The van der Waals surface area contributed by atoms with Gasteiger partial charge in [0.2, 0.25) is 5.90 Å². The molecule has 35 heavy (non-hydrogen) atoms. The van der Waals surface area contributed by atoms with Gasteiger partial charge in [-0.05, 0) is 42.0 Å². The summed E-state index contributed by atoms with van der Waals surface area (Å²) < 4.78 is 10.6. The smallest absolute Gasteiger partial charge is 0.363 e. The molecule has 10 heteroatoms. The Morgan fingerprint density at radius 1 is 1.06 bits per heavy atom. The number of nitro benzene ring substituents is 1. The Balaban J connectivity index is 1.55. The summed E-state index contributed by atoms with van der Waals surface area (Å²) in [6, 6.07) is 17.0. The summed E-state index contributed by atoms with van der Waals surface area (Å²) >= 11 is 12.1. The number of halogens is 2. The second kappa shape index (κ2) is 10.3. The van der Waals surface area contributed by atoms with Crippen molar-refractivity contribution in [3.63, 3.8) is 0 Å². The lowest BCUT2D eigenvalue weighted by molar-refractivity contribution is -0.384. The molecule has 0 saturated heterocycles. The average Bonchev–Trinajstić information content (AvgIpc) is 3.18. The minimum Gasteiger partial charge on any atom is -0.423 e. The molecule has 0 atom stereocenters. The number of rotatable bonds is 6. The summed E-state index contributed by atoms with van der Waals surface area (Å²) in [4.78, 5) is 39.3. The number of para-hydroxylation sites is 1. The maximum Gasteiger partial charge on any atom is 0.363 e. The summed E-state index contributed by atoms with van der Waals surface area (Å²) in [5.41, 5.74) is 1.16. The van der Waals surface area contributed by atoms with Crippen molar-refractivity contribution in [3.05, 3.63) is 115 Å². The number of hydrogen-bond donors (Lipinski definition) is 0. The first-order valence-corrected chi connectivity index (χ1v) is 10.8. The lowest BCUT2D eigenvalue weighted by Gasteiger charge is -2.05. The SMILES string of the molecule is O=C(/C=C/c1cccc([N+](=O)[O-])c1)Oc1ccccc1/C=C1\N=C(c2ccc(Cl)cc2Cl)OC1=O. The number of cyclic esters (lactones) is 1. The van der Waals surface area contributed by atoms with Crippen LogP contribution in [0, 0.1) is 10.1 Å². The largest absolute Gasteiger partial charge is 0.423 e. The number of esters is 2. The van der Waals surface area contributed by atoms with E-state index < -0.39 is 16.9 Å². The van der Waals surface area contributed by atoms with Gasteiger partial charge in [0.05, 0.1) is 15.5 Å². The molecule has 0 spiro atoms. The van der Waals surface area contributed by atoms with E-state index in [1.807, 2.05) is 0 Å². The molecule has 0 bridgehead atoms. The molecule has 8 nitrogen and oxygen atoms in total. The molecule has 3 aromatic rings. The standard InChI is InChI=1S/C25H14Cl2N2O6/c26-17-9-10-19(20(27)14-17)24-28-21(25(31)35-24)13-16-5-1-2-7-22(16)34-23(30)11-8-15-4-3-6-18(12-15)29(32)33/h1-14H/b11-8+,21-13-. The van der Waals surface area contributed by atoms with Crippen LogP contribution in [0.25, 0.3) is 12.2 Å². The highest BCUT2D eigenvalue weighted by Crippen LogP contribution is 2.28. The Bertz CT molecular complexity index is 1450. The third-order valence-corrected chi connectivity index (χ3v) is 5.24. The van der Waals surface area contributed by atoms with Crippen LogP contribution in [0.3, 0.4) is 0 Å². The lowest BCUT2D eigenvalue weighted by atomic mass is 10.1. The Morgan fingerprint density at radius 2 is 1.86 bits per heavy atom. The van der Waals surface area contributed by atoms with E-state index in [0.717, 1.165) is 6.08 Å². The van der Waals surface area contributed by atoms with E-state index in [2.05, 4.69) is 4.99 Å². The van der Waals surface area contributed by atoms with Gasteiger partial charge in [-0.15, -0.1) is 0 Å². The number of ether oxygens (including phenoxy) is 2. The minimum absolute atomic E-state index is 0.0124. The van der Waals surface area contributed by atoms with E-state index >= 15 is 0 Å². The van der Waals surface area contributed by atoms with E-state index in [0.29, 0.717) is 21.7 Å².